The first-order valence-electron chi connectivity index (χ1n) is 4.86. The molecule has 1 aromatic rings. The van der Waals surface area contributed by atoms with Crippen molar-refractivity contribution in [2.75, 3.05) is 31.3 Å². The van der Waals surface area contributed by atoms with Crippen molar-refractivity contribution in [2.45, 2.75) is 0 Å². The number of anilines is 2. The average Bonchev–Trinajstić information content (AvgIpc) is 2.20. The van der Waals surface area contributed by atoms with Crippen molar-refractivity contribution >= 4 is 23.7 Å². The molecule has 0 bridgehead atoms. The van der Waals surface area contributed by atoms with Gasteiger partial charge in [0.1, 0.15) is 0 Å². The zero-order valence-corrected chi connectivity index (χ0v) is 9.36. The predicted octanol–water partition coefficient (Wildman–Crippen LogP) is 0.755. The van der Waals surface area contributed by atoms with Crippen molar-refractivity contribution < 1.29 is 9.59 Å². The zero-order chi connectivity index (χ0) is 12.0. The van der Waals surface area contributed by atoms with Gasteiger partial charge in [-0.1, -0.05) is 0 Å². The molecule has 0 atom stereocenters. The fourth-order valence-electron chi connectivity index (χ4n) is 1.21. The quantitative estimate of drug-likeness (QED) is 0.721. The van der Waals surface area contributed by atoms with Crippen molar-refractivity contribution in [1.29, 1.82) is 0 Å². The largest absolute Gasteiger partial charge is 0.329 e. The summed E-state index contributed by atoms with van der Waals surface area (Å²) in [4.78, 5) is 23.4. The van der Waals surface area contributed by atoms with E-state index in [1.165, 1.54) is 0 Å². The highest BCUT2D eigenvalue weighted by molar-refractivity contribution is 5.92. The van der Waals surface area contributed by atoms with Crippen LogP contribution in [0.1, 0.15) is 0 Å². The minimum Gasteiger partial charge on any atom is -0.329 e. The Labute approximate surface area is 94.4 Å². The van der Waals surface area contributed by atoms with Crippen LogP contribution in [-0.2, 0) is 9.59 Å². The molecule has 0 radical (unpaired) electrons. The molecule has 5 nitrogen and oxygen atoms in total. The van der Waals surface area contributed by atoms with Crippen LogP contribution < -0.4 is 10.6 Å². The Morgan fingerprint density at radius 3 is 2.31 bits per heavy atom. The number of carbonyl (C=O) groups is 2. The Kier molecular flexibility index (Phi) is 4.47. The lowest BCUT2D eigenvalue weighted by Crippen LogP contribution is -2.27. The molecule has 2 amide bonds. The average molecular weight is 221 g/mol. The van der Waals surface area contributed by atoms with Crippen LogP contribution in [0.3, 0.4) is 0 Å². The fraction of sp³-hybridized carbons (Fsp3) is 0.273. The smallest absolute Gasteiger partial charge is 0.238 e. The molecule has 0 aliphatic rings. The first-order valence-corrected chi connectivity index (χ1v) is 4.86. The summed E-state index contributed by atoms with van der Waals surface area (Å²) in [6.07, 6.45) is 0.611. The number of hydrogen-bond donors (Lipinski definition) is 2. The fourth-order valence-corrected chi connectivity index (χ4v) is 1.21. The summed E-state index contributed by atoms with van der Waals surface area (Å²) < 4.78 is 0. The number of likely N-dealkylation sites (N-methyl/N-ethyl adjacent to an activating group) is 1. The van der Waals surface area contributed by atoms with Gasteiger partial charge in [-0.15, -0.1) is 0 Å². The standard InChI is InChI=1S/C11H15N3O2/c1-14(2)7-11(16)13-10-5-3-9(4-6-10)12-8-15/h3-6,8H,7H2,1-2H3,(H,12,15)(H,13,16). The highest BCUT2D eigenvalue weighted by atomic mass is 16.2. The number of rotatable bonds is 5. The molecule has 86 valence electrons. The summed E-state index contributed by atoms with van der Waals surface area (Å²) >= 11 is 0. The number of carbonyl (C=O) groups excluding carboxylic acids is 2. The van der Waals surface area contributed by atoms with Crippen molar-refractivity contribution in [3.05, 3.63) is 24.3 Å². The van der Waals surface area contributed by atoms with E-state index < -0.39 is 0 Å². The van der Waals surface area contributed by atoms with Gasteiger partial charge in [-0.2, -0.15) is 0 Å². The van der Waals surface area contributed by atoms with E-state index in [4.69, 9.17) is 0 Å². The van der Waals surface area contributed by atoms with E-state index >= 15 is 0 Å². The first kappa shape index (κ1) is 12.2. The second-order valence-corrected chi connectivity index (χ2v) is 3.63. The molecule has 0 aromatic heterocycles. The Morgan fingerprint density at radius 2 is 1.81 bits per heavy atom. The molecule has 0 unspecified atom stereocenters. The normalized spacial score (nSPS) is 9.94. The van der Waals surface area contributed by atoms with Gasteiger partial charge in [0.05, 0.1) is 6.54 Å². The zero-order valence-electron chi connectivity index (χ0n) is 9.36. The summed E-state index contributed by atoms with van der Waals surface area (Å²) in [6.45, 7) is 0.342. The topological polar surface area (TPSA) is 61.4 Å². The third-order valence-electron chi connectivity index (χ3n) is 1.85. The molecule has 0 spiro atoms. The molecule has 0 aliphatic heterocycles. The highest BCUT2D eigenvalue weighted by Gasteiger charge is 2.03. The van der Waals surface area contributed by atoms with E-state index in [-0.39, 0.29) is 5.91 Å². The van der Waals surface area contributed by atoms with Gasteiger partial charge in [0.15, 0.2) is 0 Å². The lowest BCUT2D eigenvalue weighted by molar-refractivity contribution is -0.116. The lowest BCUT2D eigenvalue weighted by Gasteiger charge is -2.10. The molecule has 0 saturated heterocycles. The Balaban J connectivity index is 2.54. The van der Waals surface area contributed by atoms with Crippen molar-refractivity contribution in [3.8, 4) is 0 Å². The van der Waals surface area contributed by atoms with Crippen LogP contribution in [0, 0.1) is 0 Å². The summed E-state index contributed by atoms with van der Waals surface area (Å²) in [6, 6.07) is 6.91. The molecular weight excluding hydrogens is 206 g/mol. The van der Waals surface area contributed by atoms with Crippen LogP contribution in [0.15, 0.2) is 24.3 Å². The van der Waals surface area contributed by atoms with Gasteiger partial charge < -0.3 is 15.5 Å². The maximum Gasteiger partial charge on any atom is 0.238 e. The lowest BCUT2D eigenvalue weighted by atomic mass is 10.3. The van der Waals surface area contributed by atoms with Crippen molar-refractivity contribution in [1.82, 2.24) is 4.90 Å². The second kappa shape index (κ2) is 5.87. The van der Waals surface area contributed by atoms with Gasteiger partial charge in [-0.25, -0.2) is 0 Å². The molecule has 2 N–H and O–H groups in total. The van der Waals surface area contributed by atoms with E-state index in [1.807, 2.05) is 14.1 Å². The van der Waals surface area contributed by atoms with Gasteiger partial charge in [0.2, 0.25) is 12.3 Å². The summed E-state index contributed by atoms with van der Waals surface area (Å²) in [5.74, 6) is -0.0684. The van der Waals surface area contributed by atoms with Crippen LogP contribution in [0.4, 0.5) is 11.4 Å². The minimum atomic E-state index is -0.0684. The minimum absolute atomic E-state index is 0.0684. The molecule has 1 aromatic carbocycles. The maximum absolute atomic E-state index is 11.4. The van der Waals surface area contributed by atoms with E-state index in [0.29, 0.717) is 24.3 Å². The van der Waals surface area contributed by atoms with Gasteiger partial charge >= 0.3 is 0 Å². The summed E-state index contributed by atoms with van der Waals surface area (Å²) in [5.41, 5.74) is 1.41. The molecule has 0 heterocycles. The third-order valence-corrected chi connectivity index (χ3v) is 1.85. The molecular formula is C11H15N3O2. The highest BCUT2D eigenvalue weighted by Crippen LogP contribution is 2.12. The van der Waals surface area contributed by atoms with Crippen LogP contribution >= 0.6 is 0 Å². The van der Waals surface area contributed by atoms with E-state index in [2.05, 4.69) is 10.6 Å². The van der Waals surface area contributed by atoms with Crippen LogP contribution in [0.25, 0.3) is 0 Å². The van der Waals surface area contributed by atoms with E-state index in [9.17, 15) is 9.59 Å². The van der Waals surface area contributed by atoms with Gasteiger partial charge in [-0.05, 0) is 38.4 Å². The van der Waals surface area contributed by atoms with Crippen molar-refractivity contribution in [2.24, 2.45) is 0 Å². The molecule has 0 saturated carbocycles. The molecule has 0 fully saturated rings. The van der Waals surface area contributed by atoms with Gasteiger partial charge in [0.25, 0.3) is 0 Å². The Hall–Kier alpha value is -1.88. The number of hydrogen-bond acceptors (Lipinski definition) is 3. The molecule has 0 aliphatic carbocycles. The SMILES string of the molecule is CN(C)CC(=O)Nc1ccc(NC=O)cc1. The third kappa shape index (κ3) is 4.10. The number of benzene rings is 1. The van der Waals surface area contributed by atoms with Crippen LogP contribution in [0.2, 0.25) is 0 Å². The van der Waals surface area contributed by atoms with E-state index in [0.717, 1.165) is 0 Å². The Morgan fingerprint density at radius 1 is 1.25 bits per heavy atom. The first-order chi connectivity index (χ1) is 7.61. The maximum atomic E-state index is 11.4. The monoisotopic (exact) mass is 221 g/mol. The van der Waals surface area contributed by atoms with Crippen LogP contribution in [-0.4, -0.2) is 37.9 Å². The predicted molar refractivity (Wildman–Crippen MR) is 63.3 cm³/mol. The number of nitrogens with one attached hydrogen (secondary N) is 2. The van der Waals surface area contributed by atoms with Gasteiger partial charge in [-0.3, -0.25) is 9.59 Å². The van der Waals surface area contributed by atoms with Crippen molar-refractivity contribution in [3.63, 3.8) is 0 Å². The number of nitrogens with zero attached hydrogens (tertiary/aromatic N) is 1. The summed E-state index contributed by atoms with van der Waals surface area (Å²) in [7, 11) is 3.66. The Bertz CT molecular complexity index is 360. The summed E-state index contributed by atoms with van der Waals surface area (Å²) in [5, 5.41) is 5.26. The molecule has 1 rings (SSSR count). The molecule has 5 heteroatoms. The molecule has 16 heavy (non-hydrogen) atoms. The van der Waals surface area contributed by atoms with E-state index in [1.54, 1.807) is 29.2 Å². The second-order valence-electron chi connectivity index (χ2n) is 3.63. The van der Waals surface area contributed by atoms with Crippen LogP contribution in [0.5, 0.6) is 0 Å². The number of amides is 2. The van der Waals surface area contributed by atoms with Gasteiger partial charge in [0, 0.05) is 11.4 Å².